The van der Waals surface area contributed by atoms with Crippen molar-refractivity contribution in [1.29, 1.82) is 0 Å². The number of alkyl carbamates (subject to hydrolysis) is 1. The lowest BCUT2D eigenvalue weighted by atomic mass is 9.88. The summed E-state index contributed by atoms with van der Waals surface area (Å²) in [6, 6.07) is 9.88. The lowest BCUT2D eigenvalue weighted by molar-refractivity contribution is -0.148. The van der Waals surface area contributed by atoms with Crippen LogP contribution < -0.4 is 10.6 Å². The highest BCUT2D eigenvalue weighted by atomic mass is 16.6. The highest BCUT2D eigenvalue weighted by Crippen LogP contribution is 2.36. The molecule has 0 heterocycles. The molecule has 7 nitrogen and oxygen atoms in total. The van der Waals surface area contributed by atoms with Gasteiger partial charge in [-0.1, -0.05) is 56.7 Å². The Morgan fingerprint density at radius 1 is 0.850 bits per heavy atom. The molecule has 2 rings (SSSR count). The number of nitrogens with zero attached hydrogens (tertiary/aromatic N) is 1. The summed E-state index contributed by atoms with van der Waals surface area (Å²) >= 11 is 0. The van der Waals surface area contributed by atoms with Crippen molar-refractivity contribution in [2.24, 2.45) is 5.92 Å². The molecule has 0 spiro atoms. The minimum atomic E-state index is -0.945. The smallest absolute Gasteiger partial charge is 0.408 e. The van der Waals surface area contributed by atoms with E-state index < -0.39 is 29.3 Å². The molecule has 0 bridgehead atoms. The molecule has 2 N–H and O–H groups in total. The van der Waals surface area contributed by atoms with E-state index in [1.807, 2.05) is 98.7 Å². The fourth-order valence-electron chi connectivity index (χ4n) is 4.95. The molecule has 0 aromatic heterocycles. The zero-order chi connectivity index (χ0) is 30.6. The summed E-state index contributed by atoms with van der Waals surface area (Å²) in [4.78, 5) is 43.5. The van der Waals surface area contributed by atoms with Crippen LogP contribution in [-0.4, -0.2) is 40.0 Å². The zero-order valence-corrected chi connectivity index (χ0v) is 26.5. The SMILES string of the molecule is CCC(C)C(NC(=O)OC(C)(C)C)C(=O)N(C(C(=O)Nc1c(C)cccc1C)c1c(C)cccc1C)C(C)(C)C. The molecule has 0 saturated carbocycles. The first-order valence-corrected chi connectivity index (χ1v) is 14.1. The van der Waals surface area contributed by atoms with Crippen LogP contribution in [0.25, 0.3) is 0 Å². The number of hydrogen-bond donors (Lipinski definition) is 2. The van der Waals surface area contributed by atoms with Crippen molar-refractivity contribution >= 4 is 23.6 Å². The van der Waals surface area contributed by atoms with Crippen molar-refractivity contribution in [3.05, 3.63) is 64.2 Å². The van der Waals surface area contributed by atoms with Crippen LogP contribution in [0.5, 0.6) is 0 Å². The zero-order valence-electron chi connectivity index (χ0n) is 26.5. The second-order valence-electron chi connectivity index (χ2n) is 12.9. The minimum Gasteiger partial charge on any atom is -0.444 e. The predicted molar refractivity (Wildman–Crippen MR) is 162 cm³/mol. The van der Waals surface area contributed by atoms with Gasteiger partial charge in [0.25, 0.3) is 5.91 Å². The highest BCUT2D eigenvalue weighted by molar-refractivity contribution is 6.00. The average molecular weight is 552 g/mol. The third kappa shape index (κ3) is 8.09. The van der Waals surface area contributed by atoms with E-state index in [0.717, 1.165) is 33.5 Å². The van der Waals surface area contributed by atoms with E-state index in [9.17, 15) is 14.4 Å². The quantitative estimate of drug-likeness (QED) is 0.364. The maximum atomic E-state index is 14.6. The Labute approximate surface area is 241 Å². The number of carbonyl (C=O) groups is 3. The average Bonchev–Trinajstić information content (AvgIpc) is 2.81. The van der Waals surface area contributed by atoms with Gasteiger partial charge in [0, 0.05) is 11.2 Å². The first-order valence-electron chi connectivity index (χ1n) is 14.1. The monoisotopic (exact) mass is 551 g/mol. The topological polar surface area (TPSA) is 87.7 Å². The van der Waals surface area contributed by atoms with Gasteiger partial charge in [0.05, 0.1) is 0 Å². The van der Waals surface area contributed by atoms with Gasteiger partial charge in [0.2, 0.25) is 5.91 Å². The van der Waals surface area contributed by atoms with E-state index in [1.54, 1.807) is 25.7 Å². The first-order chi connectivity index (χ1) is 18.4. The van der Waals surface area contributed by atoms with Crippen LogP contribution in [0.4, 0.5) is 10.5 Å². The largest absolute Gasteiger partial charge is 0.444 e. The molecule has 0 radical (unpaired) electrons. The number of benzene rings is 2. The molecule has 220 valence electrons. The first kappa shape index (κ1) is 32.9. The maximum absolute atomic E-state index is 14.6. The standard InChI is InChI=1S/C33H49N3O4/c1-13-20(2)27(35-31(39)40-33(10,11)12)30(38)36(32(7,8)9)28(25-21(3)16-14-17-22(25)4)29(37)34-26-23(5)18-15-19-24(26)6/h14-20,27-28H,13H2,1-12H3,(H,34,37)(H,35,39). The molecule has 0 aliphatic carbocycles. The Kier molecular flexibility index (Phi) is 10.6. The fourth-order valence-corrected chi connectivity index (χ4v) is 4.95. The van der Waals surface area contributed by atoms with Crippen molar-refractivity contribution in [3.8, 4) is 0 Å². The second-order valence-corrected chi connectivity index (χ2v) is 12.9. The summed E-state index contributed by atoms with van der Waals surface area (Å²) in [5.41, 5.74) is 3.70. The van der Waals surface area contributed by atoms with Crippen molar-refractivity contribution < 1.29 is 19.1 Å². The molecule has 0 fully saturated rings. The summed E-state index contributed by atoms with van der Waals surface area (Å²) in [5.74, 6) is -0.847. The number of anilines is 1. The Morgan fingerprint density at radius 3 is 1.75 bits per heavy atom. The van der Waals surface area contributed by atoms with Crippen molar-refractivity contribution in [2.45, 2.75) is 113 Å². The number of carbonyl (C=O) groups excluding carboxylic acids is 3. The van der Waals surface area contributed by atoms with Crippen LogP contribution in [0.3, 0.4) is 0 Å². The maximum Gasteiger partial charge on any atom is 0.408 e. The molecule has 0 aliphatic heterocycles. The lowest BCUT2D eigenvalue weighted by Crippen LogP contribution is -2.59. The van der Waals surface area contributed by atoms with Crippen molar-refractivity contribution in [1.82, 2.24) is 10.2 Å². The van der Waals surface area contributed by atoms with E-state index in [-0.39, 0.29) is 17.7 Å². The summed E-state index contributed by atoms with van der Waals surface area (Å²) in [5, 5.41) is 5.98. The second kappa shape index (κ2) is 12.9. The summed E-state index contributed by atoms with van der Waals surface area (Å²) < 4.78 is 5.51. The normalized spacial score (nSPS) is 14.1. The van der Waals surface area contributed by atoms with Crippen molar-refractivity contribution in [2.75, 3.05) is 5.32 Å². The number of para-hydroxylation sites is 1. The Morgan fingerprint density at radius 2 is 1.32 bits per heavy atom. The van der Waals surface area contributed by atoms with Gasteiger partial charge in [-0.05, 0) is 103 Å². The van der Waals surface area contributed by atoms with Crippen LogP contribution in [0.2, 0.25) is 0 Å². The van der Waals surface area contributed by atoms with E-state index in [2.05, 4.69) is 10.6 Å². The minimum absolute atomic E-state index is 0.204. The number of nitrogens with one attached hydrogen (secondary N) is 2. The summed E-state index contributed by atoms with van der Waals surface area (Å²) in [6.07, 6.45) is -0.0176. The van der Waals surface area contributed by atoms with E-state index in [4.69, 9.17) is 4.74 Å². The highest BCUT2D eigenvalue weighted by Gasteiger charge is 2.44. The van der Waals surface area contributed by atoms with Gasteiger partial charge < -0.3 is 20.3 Å². The molecule has 0 aliphatic rings. The van der Waals surface area contributed by atoms with Gasteiger partial charge in [0.15, 0.2) is 0 Å². The number of hydrogen-bond acceptors (Lipinski definition) is 4. The van der Waals surface area contributed by atoms with Crippen molar-refractivity contribution in [3.63, 3.8) is 0 Å². The Bertz CT molecular complexity index is 1180. The van der Waals surface area contributed by atoms with Gasteiger partial charge in [-0.3, -0.25) is 9.59 Å². The van der Waals surface area contributed by atoms with Gasteiger partial charge in [-0.15, -0.1) is 0 Å². The molecule has 3 atom stereocenters. The molecule has 2 aromatic carbocycles. The van der Waals surface area contributed by atoms with E-state index in [0.29, 0.717) is 6.42 Å². The molecular formula is C33H49N3O4. The molecule has 3 amide bonds. The molecule has 7 heteroatoms. The fraction of sp³-hybridized carbons (Fsp3) is 0.545. The number of rotatable bonds is 8. The summed E-state index contributed by atoms with van der Waals surface area (Å²) in [7, 11) is 0. The van der Waals surface area contributed by atoms with E-state index >= 15 is 0 Å². The third-order valence-electron chi connectivity index (χ3n) is 7.16. The molecule has 3 unspecified atom stereocenters. The van der Waals surface area contributed by atoms with Gasteiger partial charge >= 0.3 is 6.09 Å². The molecule has 2 aromatic rings. The van der Waals surface area contributed by atoms with E-state index in [1.165, 1.54) is 0 Å². The van der Waals surface area contributed by atoms with Crippen LogP contribution in [-0.2, 0) is 14.3 Å². The number of amides is 3. The Balaban J connectivity index is 2.73. The predicted octanol–water partition coefficient (Wildman–Crippen LogP) is 7.17. The lowest BCUT2D eigenvalue weighted by Gasteiger charge is -2.44. The number of aryl methyl sites for hydroxylation is 4. The van der Waals surface area contributed by atoms with Gasteiger partial charge in [-0.25, -0.2) is 4.79 Å². The molecular weight excluding hydrogens is 502 g/mol. The third-order valence-corrected chi connectivity index (χ3v) is 7.16. The van der Waals surface area contributed by atoms with Crippen LogP contribution in [0.1, 0.15) is 95.7 Å². The van der Waals surface area contributed by atoms with Crippen LogP contribution in [0, 0.1) is 33.6 Å². The summed E-state index contributed by atoms with van der Waals surface area (Å²) in [6.45, 7) is 22.8. The molecule has 0 saturated heterocycles. The molecule has 40 heavy (non-hydrogen) atoms. The van der Waals surface area contributed by atoms with Crippen LogP contribution >= 0.6 is 0 Å². The van der Waals surface area contributed by atoms with Gasteiger partial charge in [0.1, 0.15) is 17.7 Å². The Hall–Kier alpha value is -3.35. The van der Waals surface area contributed by atoms with Crippen LogP contribution in [0.15, 0.2) is 36.4 Å². The van der Waals surface area contributed by atoms with Gasteiger partial charge in [-0.2, -0.15) is 0 Å². The number of ether oxygens (including phenoxy) is 1.